The minimum absolute atomic E-state index is 0.199. The van der Waals surface area contributed by atoms with Crippen molar-refractivity contribution in [3.63, 3.8) is 0 Å². The van der Waals surface area contributed by atoms with Crippen LogP contribution in [-0.4, -0.2) is 21.9 Å². The Bertz CT molecular complexity index is 431. The smallest absolute Gasteiger partial charge is 0.0853 e. The van der Waals surface area contributed by atoms with Crippen LogP contribution in [0.4, 0.5) is 0 Å². The summed E-state index contributed by atoms with van der Waals surface area (Å²) in [5.74, 6) is 0.635. The third-order valence-electron chi connectivity index (χ3n) is 4.94. The molecule has 0 radical (unpaired) electrons. The molecule has 0 fully saturated rings. The predicted octanol–water partition coefficient (Wildman–Crippen LogP) is 4.78. The highest BCUT2D eigenvalue weighted by Gasteiger charge is 2.27. The largest absolute Gasteiger partial charge is 0.388 e. The van der Waals surface area contributed by atoms with Gasteiger partial charge in [-0.2, -0.15) is 0 Å². The van der Waals surface area contributed by atoms with Gasteiger partial charge in [0, 0.05) is 0 Å². The quantitative estimate of drug-likeness (QED) is 0.684. The van der Waals surface area contributed by atoms with E-state index >= 15 is 0 Å². The summed E-state index contributed by atoms with van der Waals surface area (Å²) in [7, 11) is 0. The van der Waals surface area contributed by atoms with E-state index in [2.05, 4.69) is 45.9 Å². The maximum absolute atomic E-state index is 10.9. The summed E-state index contributed by atoms with van der Waals surface area (Å²) in [6.45, 7) is 10.4. The zero-order valence-electron chi connectivity index (χ0n) is 15.0. The van der Waals surface area contributed by atoms with Crippen LogP contribution in [0.15, 0.2) is 35.5 Å². The van der Waals surface area contributed by atoms with Crippen molar-refractivity contribution in [1.29, 1.82) is 0 Å². The molecule has 126 valence electrons. The van der Waals surface area contributed by atoms with Crippen molar-refractivity contribution < 1.29 is 10.2 Å². The standard InChI is InChI=1S/C20H34O2/c1-15(2)20(22)13-11-16(3)7-6-8-18(5)19(21)10-9-17(4)12-14-20/h8-9,11,13,15-16,19,21-22H,6-7,10,12,14H2,1-5H3/b13-11+,17-9-,18-8+. The lowest BCUT2D eigenvalue weighted by molar-refractivity contribution is 0.0345. The molecule has 22 heavy (non-hydrogen) atoms. The molecule has 0 aromatic heterocycles. The van der Waals surface area contributed by atoms with E-state index in [4.69, 9.17) is 0 Å². The Morgan fingerprint density at radius 1 is 1.23 bits per heavy atom. The summed E-state index contributed by atoms with van der Waals surface area (Å²) in [5, 5.41) is 21.1. The predicted molar refractivity (Wildman–Crippen MR) is 94.7 cm³/mol. The van der Waals surface area contributed by atoms with Crippen LogP contribution in [-0.2, 0) is 0 Å². The van der Waals surface area contributed by atoms with Gasteiger partial charge in [-0.05, 0) is 63.4 Å². The van der Waals surface area contributed by atoms with Crippen LogP contribution >= 0.6 is 0 Å². The van der Waals surface area contributed by atoms with Crippen molar-refractivity contribution in [2.75, 3.05) is 0 Å². The maximum Gasteiger partial charge on any atom is 0.0853 e. The van der Waals surface area contributed by atoms with E-state index in [1.165, 1.54) is 5.57 Å². The van der Waals surface area contributed by atoms with Gasteiger partial charge in [-0.1, -0.05) is 50.6 Å². The molecule has 3 unspecified atom stereocenters. The van der Waals surface area contributed by atoms with Crippen molar-refractivity contribution in [2.24, 2.45) is 11.8 Å². The second-order valence-corrected chi connectivity index (χ2v) is 7.31. The molecule has 0 heterocycles. The molecule has 0 aromatic rings. The van der Waals surface area contributed by atoms with Crippen molar-refractivity contribution in [3.8, 4) is 0 Å². The summed E-state index contributed by atoms with van der Waals surface area (Å²) < 4.78 is 0. The fraction of sp³-hybridized carbons (Fsp3) is 0.700. The summed E-state index contributed by atoms with van der Waals surface area (Å²) in [5.41, 5.74) is 1.57. The van der Waals surface area contributed by atoms with Crippen molar-refractivity contribution in [3.05, 3.63) is 35.5 Å². The van der Waals surface area contributed by atoms with Crippen molar-refractivity contribution in [1.82, 2.24) is 0 Å². The molecule has 2 N–H and O–H groups in total. The maximum atomic E-state index is 10.9. The van der Waals surface area contributed by atoms with E-state index in [-0.39, 0.29) is 12.0 Å². The third kappa shape index (κ3) is 6.10. The van der Waals surface area contributed by atoms with Gasteiger partial charge in [0.2, 0.25) is 0 Å². The Labute approximate surface area is 136 Å². The minimum atomic E-state index is -0.738. The van der Waals surface area contributed by atoms with Crippen LogP contribution in [0.1, 0.15) is 66.7 Å². The minimum Gasteiger partial charge on any atom is -0.388 e. The molecule has 0 saturated carbocycles. The van der Waals surface area contributed by atoms with Crippen LogP contribution in [0, 0.1) is 11.8 Å². The Balaban J connectivity index is 2.96. The number of allylic oxidation sites excluding steroid dienone is 3. The molecule has 1 aliphatic carbocycles. The van der Waals surface area contributed by atoms with Gasteiger partial charge in [0.1, 0.15) is 0 Å². The molecule has 0 aromatic carbocycles. The van der Waals surface area contributed by atoms with E-state index in [0.29, 0.717) is 12.3 Å². The lowest BCUT2D eigenvalue weighted by atomic mass is 9.83. The summed E-state index contributed by atoms with van der Waals surface area (Å²) >= 11 is 0. The first-order chi connectivity index (χ1) is 10.2. The highest BCUT2D eigenvalue weighted by molar-refractivity contribution is 5.12. The normalized spacial score (nSPS) is 38.5. The van der Waals surface area contributed by atoms with Crippen LogP contribution in [0.3, 0.4) is 0 Å². The lowest BCUT2D eigenvalue weighted by Crippen LogP contribution is -2.32. The second kappa shape index (κ2) is 8.69. The topological polar surface area (TPSA) is 40.5 Å². The highest BCUT2D eigenvalue weighted by atomic mass is 16.3. The van der Waals surface area contributed by atoms with Gasteiger partial charge in [-0.3, -0.25) is 0 Å². The fourth-order valence-corrected chi connectivity index (χ4v) is 2.70. The molecule has 0 aliphatic heterocycles. The average Bonchev–Trinajstić information content (AvgIpc) is 2.47. The Morgan fingerprint density at radius 2 is 1.91 bits per heavy atom. The molecule has 2 nitrogen and oxygen atoms in total. The number of hydrogen-bond acceptors (Lipinski definition) is 2. The van der Waals surface area contributed by atoms with Gasteiger partial charge >= 0.3 is 0 Å². The summed E-state index contributed by atoms with van der Waals surface area (Å²) in [4.78, 5) is 0. The van der Waals surface area contributed by atoms with Crippen molar-refractivity contribution >= 4 is 0 Å². The van der Waals surface area contributed by atoms with Gasteiger partial charge in [0.25, 0.3) is 0 Å². The lowest BCUT2D eigenvalue weighted by Gasteiger charge is -2.30. The van der Waals surface area contributed by atoms with Crippen molar-refractivity contribution in [2.45, 2.75) is 78.4 Å². The van der Waals surface area contributed by atoms with Crippen LogP contribution in [0.2, 0.25) is 0 Å². The van der Waals surface area contributed by atoms with Gasteiger partial charge < -0.3 is 10.2 Å². The van der Waals surface area contributed by atoms with Gasteiger partial charge in [-0.25, -0.2) is 0 Å². The summed E-state index contributed by atoms with van der Waals surface area (Å²) in [6, 6.07) is 0. The van der Waals surface area contributed by atoms with E-state index < -0.39 is 5.60 Å². The molecular weight excluding hydrogens is 272 g/mol. The molecule has 0 saturated heterocycles. The van der Waals surface area contributed by atoms with Gasteiger partial charge in [0.15, 0.2) is 0 Å². The number of aliphatic hydroxyl groups is 2. The molecule has 3 atom stereocenters. The SMILES string of the molecule is C/C1=C/CC(O)/C(C)=C/CCC(C)/C=C/C(O)(C(C)C)CC1. The zero-order chi connectivity index (χ0) is 16.8. The first-order valence-electron chi connectivity index (χ1n) is 8.66. The van der Waals surface area contributed by atoms with Gasteiger partial charge in [-0.15, -0.1) is 0 Å². The summed E-state index contributed by atoms with van der Waals surface area (Å²) in [6.07, 6.45) is 12.3. The molecule has 0 amide bonds. The number of rotatable bonds is 1. The monoisotopic (exact) mass is 306 g/mol. The first-order valence-corrected chi connectivity index (χ1v) is 8.66. The Kier molecular flexibility index (Phi) is 7.58. The van der Waals surface area contributed by atoms with Crippen LogP contribution in [0.5, 0.6) is 0 Å². The van der Waals surface area contributed by atoms with Crippen LogP contribution in [0.25, 0.3) is 0 Å². The molecule has 1 aliphatic rings. The second-order valence-electron chi connectivity index (χ2n) is 7.31. The molecule has 0 spiro atoms. The highest BCUT2D eigenvalue weighted by Crippen LogP contribution is 2.28. The first kappa shape index (κ1) is 19.2. The third-order valence-corrected chi connectivity index (χ3v) is 4.94. The molecule has 0 bridgehead atoms. The average molecular weight is 306 g/mol. The zero-order valence-corrected chi connectivity index (χ0v) is 15.0. The Hall–Kier alpha value is -0.860. The molecule has 2 heteroatoms. The number of hydrogen-bond donors (Lipinski definition) is 2. The van der Waals surface area contributed by atoms with E-state index in [9.17, 15) is 10.2 Å². The molecule has 1 rings (SSSR count). The van der Waals surface area contributed by atoms with Gasteiger partial charge in [0.05, 0.1) is 11.7 Å². The van der Waals surface area contributed by atoms with E-state index in [1.54, 1.807) is 0 Å². The van der Waals surface area contributed by atoms with Crippen LogP contribution < -0.4 is 0 Å². The number of aliphatic hydroxyl groups excluding tert-OH is 1. The van der Waals surface area contributed by atoms with E-state index in [1.807, 2.05) is 13.0 Å². The Morgan fingerprint density at radius 3 is 2.55 bits per heavy atom. The molecular formula is C20H34O2. The fourth-order valence-electron chi connectivity index (χ4n) is 2.70. The van der Waals surface area contributed by atoms with E-state index in [0.717, 1.165) is 31.3 Å².